The number of fused-ring (bicyclic) bond motifs is 1. The Labute approximate surface area is 231 Å². The highest BCUT2D eigenvalue weighted by molar-refractivity contribution is 14.1. The summed E-state index contributed by atoms with van der Waals surface area (Å²) in [5.74, 6) is 0.873. The van der Waals surface area contributed by atoms with Gasteiger partial charge in [0, 0.05) is 49.0 Å². The monoisotopic (exact) mass is 614 g/mol. The van der Waals surface area contributed by atoms with E-state index in [0.717, 1.165) is 18.5 Å². The zero-order chi connectivity index (χ0) is 26.3. The minimum Gasteiger partial charge on any atom is -0.361 e. The topological polar surface area (TPSA) is 77.1 Å². The van der Waals surface area contributed by atoms with Crippen molar-refractivity contribution in [3.05, 3.63) is 80.5 Å². The first-order chi connectivity index (χ1) is 17.7. The second-order valence-electron chi connectivity index (χ2n) is 10.9. The van der Waals surface area contributed by atoms with Gasteiger partial charge in [-0.3, -0.25) is 13.9 Å². The molecular weight excluding hydrogens is 579 g/mol. The van der Waals surface area contributed by atoms with E-state index in [1.807, 2.05) is 16.8 Å². The molecule has 0 radical (unpaired) electrons. The molecule has 1 aromatic carbocycles. The number of halogens is 1. The summed E-state index contributed by atoms with van der Waals surface area (Å²) in [6.45, 7) is 8.33. The van der Waals surface area contributed by atoms with Gasteiger partial charge in [0.05, 0.1) is 12.1 Å². The lowest BCUT2D eigenvalue weighted by atomic mass is 9.93. The summed E-state index contributed by atoms with van der Waals surface area (Å²) in [7, 11) is 1.55. The summed E-state index contributed by atoms with van der Waals surface area (Å²) in [6, 6.07) is 9.17. The van der Waals surface area contributed by atoms with Crippen molar-refractivity contribution in [2.45, 2.75) is 64.7 Å². The third-order valence-electron chi connectivity index (χ3n) is 7.32. The summed E-state index contributed by atoms with van der Waals surface area (Å²) in [4.78, 5) is 26.6. The first-order valence-corrected chi connectivity index (χ1v) is 14.0. The van der Waals surface area contributed by atoms with Crippen LogP contribution >= 0.6 is 22.9 Å². The number of allylic oxidation sites excluding steroid dienone is 2. The van der Waals surface area contributed by atoms with Crippen molar-refractivity contribution in [2.24, 2.45) is 13.0 Å². The van der Waals surface area contributed by atoms with Gasteiger partial charge in [0.1, 0.15) is 11.2 Å². The van der Waals surface area contributed by atoms with Gasteiger partial charge in [0.25, 0.3) is 5.56 Å². The van der Waals surface area contributed by atoms with Crippen LogP contribution in [0.5, 0.6) is 0 Å². The summed E-state index contributed by atoms with van der Waals surface area (Å²) >= 11 is 2.42. The van der Waals surface area contributed by atoms with Crippen LogP contribution in [0.2, 0.25) is 0 Å². The fourth-order valence-corrected chi connectivity index (χ4v) is 6.24. The number of hydrogen-bond donors (Lipinski definition) is 1. The molecule has 1 aliphatic carbocycles. The van der Waals surface area contributed by atoms with E-state index in [4.69, 9.17) is 5.10 Å². The van der Waals surface area contributed by atoms with Gasteiger partial charge in [-0.15, -0.1) is 0 Å². The number of benzene rings is 1. The summed E-state index contributed by atoms with van der Waals surface area (Å²) < 4.78 is 7.08. The van der Waals surface area contributed by atoms with E-state index in [1.54, 1.807) is 11.6 Å². The maximum absolute atomic E-state index is 13.5. The average molecular weight is 615 g/mol. The molecule has 1 N–H and O–H groups in total. The standard InChI is InChI=1S/C28H35IN6O2/c1-19(2)17-33-25-23(26(36)32(4)27(33)37)24(30-28(3)14-6-5-7-15-28)35(31-25)18-20-10-12-21(13-11-20)22-9-8-16-34(22)29/h5-7,10-14,19,22,30H,8-9,15-18H2,1-4H3. The van der Waals surface area contributed by atoms with Gasteiger partial charge < -0.3 is 5.32 Å². The lowest BCUT2D eigenvalue weighted by molar-refractivity contribution is 0.489. The Hall–Kier alpha value is -2.66. The van der Waals surface area contributed by atoms with Crippen LogP contribution in [0.25, 0.3) is 11.0 Å². The van der Waals surface area contributed by atoms with E-state index in [0.29, 0.717) is 36.0 Å². The molecule has 196 valence electrons. The minimum absolute atomic E-state index is 0.226. The Morgan fingerprint density at radius 2 is 1.95 bits per heavy atom. The molecule has 0 amide bonds. The molecule has 2 unspecified atom stereocenters. The van der Waals surface area contributed by atoms with Gasteiger partial charge in [-0.1, -0.05) is 62.4 Å². The number of aromatic nitrogens is 4. The third kappa shape index (κ3) is 5.07. The van der Waals surface area contributed by atoms with Gasteiger partial charge in [0.15, 0.2) is 5.65 Å². The van der Waals surface area contributed by atoms with Crippen molar-refractivity contribution in [1.82, 2.24) is 22.0 Å². The van der Waals surface area contributed by atoms with Crippen LogP contribution in [-0.2, 0) is 20.1 Å². The molecule has 0 bridgehead atoms. The molecule has 2 aliphatic rings. The zero-order valence-corrected chi connectivity index (χ0v) is 24.1. The van der Waals surface area contributed by atoms with Crippen LogP contribution < -0.4 is 16.6 Å². The predicted octanol–water partition coefficient (Wildman–Crippen LogP) is 4.77. The number of anilines is 1. The molecule has 1 saturated heterocycles. The van der Waals surface area contributed by atoms with E-state index in [2.05, 4.69) is 88.5 Å². The van der Waals surface area contributed by atoms with Crippen molar-refractivity contribution >= 4 is 39.7 Å². The molecule has 5 rings (SSSR count). The van der Waals surface area contributed by atoms with Crippen molar-refractivity contribution in [1.29, 1.82) is 0 Å². The normalized spacial score (nSPS) is 21.9. The number of hydrogen-bond acceptors (Lipinski definition) is 5. The lowest BCUT2D eigenvalue weighted by Gasteiger charge is -2.29. The quantitative estimate of drug-likeness (QED) is 0.307. The molecule has 0 spiro atoms. The Morgan fingerprint density at radius 3 is 2.57 bits per heavy atom. The van der Waals surface area contributed by atoms with Crippen molar-refractivity contribution in [3.8, 4) is 0 Å². The number of nitrogens with zero attached hydrogens (tertiary/aromatic N) is 5. The highest BCUT2D eigenvalue weighted by atomic mass is 127. The van der Waals surface area contributed by atoms with Gasteiger partial charge in [-0.25, -0.2) is 12.6 Å². The van der Waals surface area contributed by atoms with E-state index in [-0.39, 0.29) is 22.7 Å². The van der Waals surface area contributed by atoms with E-state index < -0.39 is 0 Å². The largest absolute Gasteiger partial charge is 0.361 e. The van der Waals surface area contributed by atoms with Crippen LogP contribution in [0, 0.1) is 5.92 Å². The maximum atomic E-state index is 13.5. The SMILES string of the molecule is CC(C)Cn1c(=O)n(C)c(=O)c2c(NC3(C)C=CC=CC3)n(Cc3ccc(C4CCCN4I)cc3)nc21. The molecule has 8 nitrogen and oxygen atoms in total. The lowest BCUT2D eigenvalue weighted by Crippen LogP contribution is -2.39. The molecule has 37 heavy (non-hydrogen) atoms. The maximum Gasteiger partial charge on any atom is 0.332 e. The van der Waals surface area contributed by atoms with E-state index in [9.17, 15) is 9.59 Å². The van der Waals surface area contributed by atoms with Crippen LogP contribution in [0.3, 0.4) is 0 Å². The van der Waals surface area contributed by atoms with Crippen molar-refractivity contribution in [2.75, 3.05) is 11.9 Å². The fraction of sp³-hybridized carbons (Fsp3) is 0.464. The van der Waals surface area contributed by atoms with Crippen LogP contribution in [0.4, 0.5) is 5.82 Å². The minimum atomic E-state index is -0.375. The second kappa shape index (κ2) is 10.2. The van der Waals surface area contributed by atoms with Crippen LogP contribution in [-0.4, -0.2) is 34.1 Å². The molecule has 1 aliphatic heterocycles. The smallest absolute Gasteiger partial charge is 0.332 e. The van der Waals surface area contributed by atoms with E-state index in [1.165, 1.54) is 23.0 Å². The predicted molar refractivity (Wildman–Crippen MR) is 157 cm³/mol. The molecular formula is C28H35IN6O2. The van der Waals surface area contributed by atoms with Gasteiger partial charge >= 0.3 is 5.69 Å². The molecule has 2 aromatic heterocycles. The first kappa shape index (κ1) is 26.0. The fourth-order valence-electron chi connectivity index (χ4n) is 5.30. The zero-order valence-electron chi connectivity index (χ0n) is 21.9. The summed E-state index contributed by atoms with van der Waals surface area (Å²) in [5.41, 5.74) is 1.82. The molecule has 9 heteroatoms. The van der Waals surface area contributed by atoms with Gasteiger partial charge in [-0.05, 0) is 43.2 Å². The highest BCUT2D eigenvalue weighted by Crippen LogP contribution is 2.35. The molecule has 3 aromatic rings. The van der Waals surface area contributed by atoms with E-state index >= 15 is 0 Å². The molecule has 2 atom stereocenters. The molecule has 1 fully saturated rings. The Bertz CT molecular complexity index is 1480. The molecule has 0 saturated carbocycles. The van der Waals surface area contributed by atoms with Crippen LogP contribution in [0.1, 0.15) is 57.2 Å². The first-order valence-electron chi connectivity index (χ1n) is 13.0. The van der Waals surface area contributed by atoms with Gasteiger partial charge in [0.2, 0.25) is 0 Å². The van der Waals surface area contributed by atoms with Crippen molar-refractivity contribution < 1.29 is 0 Å². The number of nitrogens with one attached hydrogen (secondary N) is 1. The summed E-state index contributed by atoms with van der Waals surface area (Å²) in [6.07, 6.45) is 11.5. The van der Waals surface area contributed by atoms with Crippen LogP contribution in [0.15, 0.2) is 58.2 Å². The average Bonchev–Trinajstić information content (AvgIpc) is 3.44. The second-order valence-corrected chi connectivity index (χ2v) is 12.2. The Balaban J connectivity index is 1.61. The Morgan fingerprint density at radius 1 is 1.19 bits per heavy atom. The highest BCUT2D eigenvalue weighted by Gasteiger charge is 2.28. The third-order valence-corrected chi connectivity index (χ3v) is 8.47. The summed E-state index contributed by atoms with van der Waals surface area (Å²) in [5, 5.41) is 8.96. The van der Waals surface area contributed by atoms with Gasteiger partial charge in [-0.2, -0.15) is 5.10 Å². The van der Waals surface area contributed by atoms with Crippen molar-refractivity contribution in [3.63, 3.8) is 0 Å². The molecule has 3 heterocycles. The number of rotatable bonds is 7. The Kier molecular flexibility index (Phi) is 7.19.